The van der Waals surface area contributed by atoms with Crippen molar-refractivity contribution < 1.29 is 4.79 Å². The highest BCUT2D eigenvalue weighted by Gasteiger charge is 2.14. The van der Waals surface area contributed by atoms with Crippen molar-refractivity contribution in [3.8, 4) is 0 Å². The van der Waals surface area contributed by atoms with Crippen molar-refractivity contribution in [3.05, 3.63) is 30.3 Å². The maximum Gasteiger partial charge on any atom is 0.228 e. The number of nitrogens with one attached hydrogen (secondary N) is 1. The fourth-order valence-corrected chi connectivity index (χ4v) is 1.10. The number of benzene rings is 1. The minimum Gasteiger partial charge on any atom is -0.277 e. The topological polar surface area (TPSA) is 32.3 Å². The molecule has 1 rings (SSSR count). The van der Waals surface area contributed by atoms with Crippen LogP contribution in [0.3, 0.4) is 0 Å². The highest BCUT2D eigenvalue weighted by Crippen LogP contribution is 2.11. The summed E-state index contributed by atoms with van der Waals surface area (Å²) in [4.78, 5) is 10.8. The third kappa shape index (κ3) is 3.18. The summed E-state index contributed by atoms with van der Waals surface area (Å²) in [6.07, 6.45) is 0.778. The SMILES string of the molecule is CC(C)(C)NN(C=O)c1ccccc1. The Morgan fingerprint density at radius 3 is 2.21 bits per heavy atom. The molecule has 0 atom stereocenters. The van der Waals surface area contributed by atoms with E-state index in [1.165, 1.54) is 5.01 Å². The predicted molar refractivity (Wildman–Crippen MR) is 57.9 cm³/mol. The number of anilines is 1. The third-order valence-corrected chi connectivity index (χ3v) is 1.60. The number of nitrogens with zero attached hydrogens (tertiary/aromatic N) is 1. The molecule has 0 radical (unpaired) electrons. The van der Waals surface area contributed by atoms with Gasteiger partial charge in [0.1, 0.15) is 0 Å². The van der Waals surface area contributed by atoms with Gasteiger partial charge in [0.25, 0.3) is 0 Å². The van der Waals surface area contributed by atoms with E-state index in [2.05, 4.69) is 5.43 Å². The Labute approximate surface area is 84.7 Å². The summed E-state index contributed by atoms with van der Waals surface area (Å²) in [5.41, 5.74) is 3.80. The van der Waals surface area contributed by atoms with Gasteiger partial charge < -0.3 is 0 Å². The minimum atomic E-state index is -0.128. The van der Waals surface area contributed by atoms with Crippen LogP contribution in [0.1, 0.15) is 20.8 Å². The molecule has 0 aliphatic carbocycles. The van der Waals surface area contributed by atoms with Crippen LogP contribution in [-0.4, -0.2) is 11.9 Å². The van der Waals surface area contributed by atoms with Crippen molar-refractivity contribution in [2.24, 2.45) is 0 Å². The molecule has 1 aromatic rings. The van der Waals surface area contributed by atoms with Gasteiger partial charge in [-0.15, -0.1) is 0 Å². The lowest BCUT2D eigenvalue weighted by Gasteiger charge is -2.28. The zero-order valence-electron chi connectivity index (χ0n) is 8.82. The quantitative estimate of drug-likeness (QED) is 0.586. The summed E-state index contributed by atoms with van der Waals surface area (Å²) in [5, 5.41) is 1.49. The Morgan fingerprint density at radius 1 is 1.21 bits per heavy atom. The van der Waals surface area contributed by atoms with E-state index in [-0.39, 0.29) is 5.54 Å². The largest absolute Gasteiger partial charge is 0.277 e. The van der Waals surface area contributed by atoms with Crippen molar-refractivity contribution in [2.45, 2.75) is 26.3 Å². The maximum absolute atomic E-state index is 10.8. The highest BCUT2D eigenvalue weighted by molar-refractivity contribution is 5.73. The molecule has 0 saturated heterocycles. The van der Waals surface area contributed by atoms with E-state index >= 15 is 0 Å². The highest BCUT2D eigenvalue weighted by atomic mass is 16.1. The summed E-state index contributed by atoms with van der Waals surface area (Å²) in [6.45, 7) is 6.02. The molecule has 1 N–H and O–H groups in total. The Hall–Kier alpha value is -1.35. The van der Waals surface area contributed by atoms with E-state index in [0.717, 1.165) is 12.1 Å². The molecule has 0 aliphatic rings. The van der Waals surface area contributed by atoms with Gasteiger partial charge in [0, 0.05) is 5.54 Å². The second-order valence-electron chi connectivity index (χ2n) is 4.17. The molecule has 3 heteroatoms. The van der Waals surface area contributed by atoms with Crippen molar-refractivity contribution >= 4 is 12.1 Å². The summed E-state index contributed by atoms with van der Waals surface area (Å²) < 4.78 is 0. The number of para-hydroxylation sites is 1. The molecule has 0 bridgehead atoms. The fraction of sp³-hybridized carbons (Fsp3) is 0.364. The smallest absolute Gasteiger partial charge is 0.228 e. The van der Waals surface area contributed by atoms with E-state index in [9.17, 15) is 4.79 Å². The Morgan fingerprint density at radius 2 is 1.79 bits per heavy atom. The molecule has 0 saturated carbocycles. The van der Waals surface area contributed by atoms with E-state index in [4.69, 9.17) is 0 Å². The Balaban J connectivity index is 2.78. The van der Waals surface area contributed by atoms with Gasteiger partial charge in [-0.25, -0.2) is 10.4 Å². The first-order valence-electron chi connectivity index (χ1n) is 4.60. The number of amides is 1. The normalized spacial score (nSPS) is 11.1. The van der Waals surface area contributed by atoms with Gasteiger partial charge in [0.05, 0.1) is 5.69 Å². The number of carbonyl (C=O) groups excluding carboxylic acids is 1. The van der Waals surface area contributed by atoms with Crippen LogP contribution in [0.25, 0.3) is 0 Å². The van der Waals surface area contributed by atoms with Crippen molar-refractivity contribution in [1.82, 2.24) is 5.43 Å². The van der Waals surface area contributed by atoms with E-state index in [1.807, 2.05) is 51.1 Å². The molecule has 1 aromatic carbocycles. The molecule has 14 heavy (non-hydrogen) atoms. The van der Waals surface area contributed by atoms with Gasteiger partial charge in [-0.3, -0.25) is 4.79 Å². The lowest BCUT2D eigenvalue weighted by atomic mass is 10.1. The van der Waals surface area contributed by atoms with Gasteiger partial charge >= 0.3 is 0 Å². The standard InChI is InChI=1S/C11H16N2O/c1-11(2,3)12-13(9-14)10-7-5-4-6-8-10/h4-9,12H,1-3H3. The zero-order valence-corrected chi connectivity index (χ0v) is 8.82. The maximum atomic E-state index is 10.8. The van der Waals surface area contributed by atoms with Gasteiger partial charge in [0.15, 0.2) is 0 Å². The number of rotatable bonds is 3. The summed E-state index contributed by atoms with van der Waals surface area (Å²) in [7, 11) is 0. The third-order valence-electron chi connectivity index (χ3n) is 1.60. The number of carbonyl (C=O) groups is 1. The second-order valence-corrected chi connectivity index (χ2v) is 4.17. The molecule has 0 heterocycles. The van der Waals surface area contributed by atoms with Crippen LogP contribution in [0.4, 0.5) is 5.69 Å². The fourth-order valence-electron chi connectivity index (χ4n) is 1.10. The van der Waals surface area contributed by atoms with E-state index in [0.29, 0.717) is 0 Å². The van der Waals surface area contributed by atoms with Crippen LogP contribution in [0, 0.1) is 0 Å². The molecule has 0 unspecified atom stereocenters. The minimum absolute atomic E-state index is 0.128. The number of hydrazine groups is 1. The molecule has 76 valence electrons. The van der Waals surface area contributed by atoms with Crippen molar-refractivity contribution in [1.29, 1.82) is 0 Å². The Bertz CT molecular complexity index is 290. The summed E-state index contributed by atoms with van der Waals surface area (Å²) in [6, 6.07) is 9.48. The zero-order chi connectivity index (χ0) is 10.6. The van der Waals surface area contributed by atoms with Crippen LogP contribution < -0.4 is 10.4 Å². The van der Waals surface area contributed by atoms with Crippen LogP contribution in [-0.2, 0) is 4.79 Å². The van der Waals surface area contributed by atoms with Gasteiger partial charge in [-0.05, 0) is 32.9 Å². The van der Waals surface area contributed by atoms with Gasteiger partial charge in [0.2, 0.25) is 6.41 Å². The molecular weight excluding hydrogens is 176 g/mol. The van der Waals surface area contributed by atoms with Crippen LogP contribution in [0.15, 0.2) is 30.3 Å². The van der Waals surface area contributed by atoms with Crippen LogP contribution in [0.2, 0.25) is 0 Å². The average Bonchev–Trinajstić information content (AvgIpc) is 2.14. The summed E-state index contributed by atoms with van der Waals surface area (Å²) in [5.74, 6) is 0. The molecule has 1 amide bonds. The number of hydrogen-bond donors (Lipinski definition) is 1. The molecule has 0 fully saturated rings. The number of hydrogen-bond acceptors (Lipinski definition) is 2. The first kappa shape index (κ1) is 10.7. The summed E-state index contributed by atoms with van der Waals surface area (Å²) >= 11 is 0. The average molecular weight is 192 g/mol. The molecular formula is C11H16N2O. The van der Waals surface area contributed by atoms with Gasteiger partial charge in [-0.2, -0.15) is 0 Å². The molecule has 0 aromatic heterocycles. The Kier molecular flexibility index (Phi) is 3.25. The lowest BCUT2D eigenvalue weighted by molar-refractivity contribution is -0.108. The van der Waals surface area contributed by atoms with Gasteiger partial charge in [-0.1, -0.05) is 18.2 Å². The van der Waals surface area contributed by atoms with E-state index < -0.39 is 0 Å². The van der Waals surface area contributed by atoms with Crippen molar-refractivity contribution in [2.75, 3.05) is 5.01 Å². The monoisotopic (exact) mass is 192 g/mol. The molecule has 0 spiro atoms. The second kappa shape index (κ2) is 4.24. The first-order valence-corrected chi connectivity index (χ1v) is 4.60. The van der Waals surface area contributed by atoms with E-state index in [1.54, 1.807) is 0 Å². The molecule has 3 nitrogen and oxygen atoms in total. The van der Waals surface area contributed by atoms with Crippen LogP contribution >= 0.6 is 0 Å². The van der Waals surface area contributed by atoms with Crippen LogP contribution in [0.5, 0.6) is 0 Å². The predicted octanol–water partition coefficient (Wildman–Crippen LogP) is 1.95. The lowest BCUT2D eigenvalue weighted by Crippen LogP contribution is -2.48. The molecule has 0 aliphatic heterocycles. The first-order chi connectivity index (χ1) is 6.53. The van der Waals surface area contributed by atoms with Crippen molar-refractivity contribution in [3.63, 3.8) is 0 Å².